The number of hydrogen-bond donors (Lipinski definition) is 1. The summed E-state index contributed by atoms with van der Waals surface area (Å²) in [4.78, 5) is 28.0. The van der Waals surface area contributed by atoms with Gasteiger partial charge in [0.1, 0.15) is 0 Å². The van der Waals surface area contributed by atoms with Crippen molar-refractivity contribution in [3.8, 4) is 0 Å². The Kier molecular flexibility index (Phi) is 6.13. The lowest BCUT2D eigenvalue weighted by molar-refractivity contribution is -0.384. The van der Waals surface area contributed by atoms with Crippen LogP contribution in [0.5, 0.6) is 0 Å². The van der Waals surface area contributed by atoms with Gasteiger partial charge in [0, 0.05) is 50.2 Å². The molecule has 0 aliphatic carbocycles. The van der Waals surface area contributed by atoms with E-state index in [4.69, 9.17) is 0 Å². The molecule has 1 aliphatic rings. The quantitative estimate of drug-likeness (QED) is 0.595. The molecule has 0 aromatic heterocycles. The highest BCUT2D eigenvalue weighted by Gasteiger charge is 2.22. The second kappa shape index (κ2) is 8.73. The zero-order valence-electron chi connectivity index (χ0n) is 16.4. The van der Waals surface area contributed by atoms with Gasteiger partial charge in [-0.25, -0.2) is 0 Å². The van der Waals surface area contributed by atoms with Gasteiger partial charge in [0.05, 0.1) is 16.2 Å². The maximum absolute atomic E-state index is 13.0. The van der Waals surface area contributed by atoms with Crippen LogP contribution in [0.4, 0.5) is 22.7 Å². The van der Waals surface area contributed by atoms with Crippen molar-refractivity contribution in [2.24, 2.45) is 0 Å². The monoisotopic (exact) mass is 382 g/mol. The Labute approximate surface area is 165 Å². The number of anilines is 3. The first-order valence-electron chi connectivity index (χ1n) is 9.65. The number of amides is 1. The number of non-ortho nitro benzene ring substituents is 1. The van der Waals surface area contributed by atoms with Crippen LogP contribution < -0.4 is 15.1 Å². The number of nitrogens with one attached hydrogen (secondary N) is 1. The largest absolute Gasteiger partial charge is 0.375 e. The number of benzene rings is 2. The molecule has 7 nitrogen and oxygen atoms in total. The summed E-state index contributed by atoms with van der Waals surface area (Å²) in [5.41, 5.74) is 2.68. The van der Waals surface area contributed by atoms with Crippen LogP contribution in [0.15, 0.2) is 42.5 Å². The van der Waals surface area contributed by atoms with Crippen molar-refractivity contribution < 1.29 is 9.72 Å². The number of carbonyl (C=O) groups excluding carboxylic acids is 1. The van der Waals surface area contributed by atoms with Crippen molar-refractivity contribution in [1.82, 2.24) is 0 Å². The highest BCUT2D eigenvalue weighted by atomic mass is 16.6. The van der Waals surface area contributed by atoms with Crippen LogP contribution in [0.2, 0.25) is 0 Å². The molecule has 1 N–H and O–H groups in total. The molecule has 1 fully saturated rings. The number of rotatable bonds is 6. The third-order valence-corrected chi connectivity index (χ3v) is 5.15. The van der Waals surface area contributed by atoms with Crippen molar-refractivity contribution in [3.05, 3.63) is 58.1 Å². The number of nitro groups is 1. The molecule has 0 saturated carbocycles. The maximum Gasteiger partial charge on any atom is 0.270 e. The van der Waals surface area contributed by atoms with E-state index in [-0.39, 0.29) is 11.6 Å². The molecule has 0 bridgehead atoms. The van der Waals surface area contributed by atoms with E-state index in [1.54, 1.807) is 6.07 Å². The smallest absolute Gasteiger partial charge is 0.270 e. The Morgan fingerprint density at radius 2 is 1.93 bits per heavy atom. The van der Waals surface area contributed by atoms with E-state index in [9.17, 15) is 14.9 Å². The summed E-state index contributed by atoms with van der Waals surface area (Å²) in [5.74, 6) is -0.333. The topological polar surface area (TPSA) is 78.7 Å². The van der Waals surface area contributed by atoms with E-state index >= 15 is 0 Å². The number of carbonyl (C=O) groups is 1. The van der Waals surface area contributed by atoms with Gasteiger partial charge in [-0.05, 0) is 50.5 Å². The van der Waals surface area contributed by atoms with Crippen molar-refractivity contribution >= 4 is 28.7 Å². The minimum atomic E-state index is -0.465. The normalized spacial score (nSPS) is 13.9. The summed E-state index contributed by atoms with van der Waals surface area (Å²) >= 11 is 0. The van der Waals surface area contributed by atoms with Crippen LogP contribution in [-0.2, 0) is 0 Å². The van der Waals surface area contributed by atoms with Gasteiger partial charge in [0.2, 0.25) is 0 Å². The molecule has 0 unspecified atom stereocenters. The third-order valence-electron chi connectivity index (χ3n) is 5.15. The molecule has 1 amide bonds. The Balaban J connectivity index is 1.91. The first-order valence-corrected chi connectivity index (χ1v) is 9.65. The fourth-order valence-corrected chi connectivity index (χ4v) is 3.43. The van der Waals surface area contributed by atoms with E-state index < -0.39 is 4.92 Å². The van der Waals surface area contributed by atoms with E-state index in [2.05, 4.69) is 22.0 Å². The van der Waals surface area contributed by atoms with E-state index in [0.29, 0.717) is 11.3 Å². The minimum Gasteiger partial charge on any atom is -0.375 e. The van der Waals surface area contributed by atoms with Gasteiger partial charge in [0.25, 0.3) is 11.6 Å². The van der Waals surface area contributed by atoms with Crippen molar-refractivity contribution in [1.29, 1.82) is 0 Å². The molecule has 1 aliphatic heterocycles. The lowest BCUT2D eigenvalue weighted by Crippen LogP contribution is -2.31. The lowest BCUT2D eigenvalue weighted by Gasteiger charge is -2.30. The molecule has 28 heavy (non-hydrogen) atoms. The molecular formula is C21H26N4O3. The SMILES string of the molecule is CCN(C)c1cccc(NC(=O)c2cc([N+](=O)[O-])ccc2N2CCCCC2)c1. The maximum atomic E-state index is 13.0. The summed E-state index contributed by atoms with van der Waals surface area (Å²) in [6.45, 7) is 4.62. The van der Waals surface area contributed by atoms with Gasteiger partial charge in [0.15, 0.2) is 0 Å². The van der Waals surface area contributed by atoms with Crippen LogP contribution in [-0.4, -0.2) is 37.5 Å². The average Bonchev–Trinajstić information content (AvgIpc) is 2.73. The second-order valence-corrected chi connectivity index (χ2v) is 7.02. The first-order chi connectivity index (χ1) is 13.5. The van der Waals surface area contributed by atoms with Crippen LogP contribution in [0.1, 0.15) is 36.5 Å². The Morgan fingerprint density at radius 1 is 1.18 bits per heavy atom. The Hall–Kier alpha value is -3.09. The zero-order chi connectivity index (χ0) is 20.1. The van der Waals surface area contributed by atoms with Gasteiger partial charge in [-0.1, -0.05) is 6.07 Å². The summed E-state index contributed by atoms with van der Waals surface area (Å²) < 4.78 is 0. The second-order valence-electron chi connectivity index (χ2n) is 7.02. The molecule has 7 heteroatoms. The summed E-state index contributed by atoms with van der Waals surface area (Å²) in [7, 11) is 1.98. The highest BCUT2D eigenvalue weighted by Crippen LogP contribution is 2.29. The molecule has 3 rings (SSSR count). The molecule has 148 valence electrons. The molecular weight excluding hydrogens is 356 g/mol. The standard InChI is InChI=1S/C21H26N4O3/c1-3-23(2)17-9-7-8-16(14-17)22-21(26)19-15-18(25(27)28)10-11-20(19)24-12-5-4-6-13-24/h7-11,14-15H,3-6,12-13H2,1-2H3,(H,22,26). The van der Waals surface area contributed by atoms with E-state index in [0.717, 1.165) is 43.9 Å². The molecule has 2 aromatic carbocycles. The number of nitro benzene ring substituents is 1. The molecule has 1 saturated heterocycles. The van der Waals surface area contributed by atoms with Crippen molar-refractivity contribution in [2.45, 2.75) is 26.2 Å². The van der Waals surface area contributed by atoms with Gasteiger partial charge in [-0.2, -0.15) is 0 Å². The summed E-state index contributed by atoms with van der Waals surface area (Å²) in [6.07, 6.45) is 3.29. The van der Waals surface area contributed by atoms with Gasteiger partial charge in [-0.15, -0.1) is 0 Å². The Bertz CT molecular complexity index is 862. The predicted octanol–water partition coefficient (Wildman–Crippen LogP) is 4.29. The third kappa shape index (κ3) is 4.42. The van der Waals surface area contributed by atoms with Crippen LogP contribution in [0, 0.1) is 10.1 Å². The molecule has 0 atom stereocenters. The van der Waals surface area contributed by atoms with Gasteiger partial charge >= 0.3 is 0 Å². The minimum absolute atomic E-state index is 0.0784. The predicted molar refractivity (Wildman–Crippen MR) is 112 cm³/mol. The van der Waals surface area contributed by atoms with Crippen LogP contribution >= 0.6 is 0 Å². The van der Waals surface area contributed by atoms with Crippen molar-refractivity contribution in [3.63, 3.8) is 0 Å². The molecule has 1 heterocycles. The Morgan fingerprint density at radius 3 is 2.61 bits per heavy atom. The molecule has 2 aromatic rings. The number of nitrogens with zero attached hydrogens (tertiary/aromatic N) is 3. The van der Waals surface area contributed by atoms with Crippen LogP contribution in [0.3, 0.4) is 0 Å². The molecule has 0 spiro atoms. The zero-order valence-corrected chi connectivity index (χ0v) is 16.4. The highest BCUT2D eigenvalue weighted by molar-refractivity contribution is 6.08. The fourth-order valence-electron chi connectivity index (χ4n) is 3.43. The average molecular weight is 382 g/mol. The summed E-state index contributed by atoms with van der Waals surface area (Å²) in [6, 6.07) is 12.1. The lowest BCUT2D eigenvalue weighted by atomic mass is 10.1. The number of piperidine rings is 1. The summed E-state index contributed by atoms with van der Waals surface area (Å²) in [5, 5.41) is 14.1. The van der Waals surface area contributed by atoms with Gasteiger partial charge < -0.3 is 15.1 Å². The first kappa shape index (κ1) is 19.7. The van der Waals surface area contributed by atoms with Crippen LogP contribution in [0.25, 0.3) is 0 Å². The van der Waals surface area contributed by atoms with E-state index in [1.165, 1.54) is 18.6 Å². The van der Waals surface area contributed by atoms with E-state index in [1.807, 2.05) is 31.3 Å². The number of hydrogen-bond acceptors (Lipinski definition) is 5. The van der Waals surface area contributed by atoms with Gasteiger partial charge in [-0.3, -0.25) is 14.9 Å². The van der Waals surface area contributed by atoms with Crippen molar-refractivity contribution in [2.75, 3.05) is 41.8 Å². The fraction of sp³-hybridized carbons (Fsp3) is 0.381. The molecule has 0 radical (unpaired) electrons.